The summed E-state index contributed by atoms with van der Waals surface area (Å²) in [4.78, 5) is 0. The van der Waals surface area contributed by atoms with Gasteiger partial charge in [-0.2, -0.15) is 0 Å². The quantitative estimate of drug-likeness (QED) is 0.856. The molecule has 1 aromatic rings. The molecule has 2 atom stereocenters. The average molecular weight is 262 g/mol. The van der Waals surface area contributed by atoms with Crippen molar-refractivity contribution in [2.45, 2.75) is 19.3 Å². The molecule has 0 radical (unpaired) electrons. The molecule has 4 heteroatoms. The van der Waals surface area contributed by atoms with Crippen LogP contribution in [-0.2, 0) is 0 Å². The molecule has 1 aromatic carbocycles. The Kier molecular flexibility index (Phi) is 5.56. The van der Waals surface area contributed by atoms with E-state index in [1.54, 1.807) is 0 Å². The fourth-order valence-corrected chi connectivity index (χ4v) is 2.61. The molecule has 90 valence electrons. The van der Waals surface area contributed by atoms with E-state index in [0.717, 1.165) is 12.0 Å². The fraction of sp³-hybridized carbons (Fsp3) is 0.500. The van der Waals surface area contributed by atoms with Crippen LogP contribution in [0.25, 0.3) is 0 Å². The van der Waals surface area contributed by atoms with Crippen LogP contribution in [-0.4, -0.2) is 18.3 Å². The predicted octanol–water partition coefficient (Wildman–Crippen LogP) is 3.05. The largest absolute Gasteiger partial charge is 0.396 e. The van der Waals surface area contributed by atoms with E-state index in [2.05, 4.69) is 0 Å². The molecule has 3 N–H and O–H groups in total. The number of hydrogen-bond donors (Lipinski definition) is 2. The van der Waals surface area contributed by atoms with Gasteiger partial charge in [-0.1, -0.05) is 36.2 Å². The molecule has 0 bridgehead atoms. The second-order valence-electron chi connectivity index (χ2n) is 4.06. The van der Waals surface area contributed by atoms with Gasteiger partial charge in [-0.05, 0) is 42.5 Å². The van der Waals surface area contributed by atoms with Crippen molar-refractivity contribution in [2.24, 2.45) is 11.7 Å². The third-order valence-electron chi connectivity index (χ3n) is 2.77. The Morgan fingerprint density at radius 3 is 2.31 bits per heavy atom. The number of nitrogens with two attached hydrogens (primary N) is 1. The van der Waals surface area contributed by atoms with Gasteiger partial charge in [-0.25, -0.2) is 0 Å². The summed E-state index contributed by atoms with van der Waals surface area (Å²) in [5, 5.41) is 10.5. The molecule has 0 aliphatic rings. The van der Waals surface area contributed by atoms with Crippen molar-refractivity contribution in [3.63, 3.8) is 0 Å². The molecule has 0 aliphatic heterocycles. The van der Waals surface area contributed by atoms with Crippen LogP contribution in [0.1, 0.15) is 24.8 Å². The van der Waals surface area contributed by atoms with Crippen molar-refractivity contribution in [3.8, 4) is 0 Å². The first-order valence-corrected chi connectivity index (χ1v) is 6.10. The average Bonchev–Trinajstić information content (AvgIpc) is 2.25. The van der Waals surface area contributed by atoms with Crippen LogP contribution in [0.2, 0.25) is 10.0 Å². The van der Waals surface area contributed by atoms with Gasteiger partial charge >= 0.3 is 0 Å². The van der Waals surface area contributed by atoms with E-state index in [9.17, 15) is 0 Å². The Hall–Kier alpha value is -0.280. The van der Waals surface area contributed by atoms with Crippen LogP contribution in [0.3, 0.4) is 0 Å². The lowest BCUT2D eigenvalue weighted by Crippen LogP contribution is -2.20. The van der Waals surface area contributed by atoms with Crippen LogP contribution >= 0.6 is 23.2 Å². The first kappa shape index (κ1) is 13.8. The van der Waals surface area contributed by atoms with Gasteiger partial charge in [0.15, 0.2) is 0 Å². The van der Waals surface area contributed by atoms with Gasteiger partial charge in [-0.15, -0.1) is 0 Å². The molecule has 0 amide bonds. The van der Waals surface area contributed by atoms with Crippen molar-refractivity contribution in [1.29, 1.82) is 0 Å². The van der Waals surface area contributed by atoms with Crippen molar-refractivity contribution in [2.75, 3.05) is 13.2 Å². The van der Waals surface area contributed by atoms with Gasteiger partial charge in [0.1, 0.15) is 0 Å². The molecule has 2 nitrogen and oxygen atoms in total. The van der Waals surface area contributed by atoms with Crippen molar-refractivity contribution in [3.05, 3.63) is 33.8 Å². The Labute approximate surface area is 106 Å². The lowest BCUT2D eigenvalue weighted by atomic mass is 9.90. The molecule has 0 spiro atoms. The summed E-state index contributed by atoms with van der Waals surface area (Å²) in [6.07, 6.45) is 0.788. The Morgan fingerprint density at radius 1 is 1.31 bits per heavy atom. The van der Waals surface area contributed by atoms with E-state index < -0.39 is 0 Å². The van der Waals surface area contributed by atoms with Gasteiger partial charge in [0.25, 0.3) is 0 Å². The first-order chi connectivity index (χ1) is 7.60. The highest BCUT2D eigenvalue weighted by Gasteiger charge is 2.17. The highest BCUT2D eigenvalue weighted by Crippen LogP contribution is 2.34. The zero-order valence-electron chi connectivity index (χ0n) is 9.29. The van der Waals surface area contributed by atoms with Gasteiger partial charge in [0.05, 0.1) is 0 Å². The Morgan fingerprint density at radius 2 is 1.88 bits per heavy atom. The van der Waals surface area contributed by atoms with E-state index in [-0.39, 0.29) is 18.4 Å². The molecule has 2 unspecified atom stereocenters. The summed E-state index contributed by atoms with van der Waals surface area (Å²) >= 11 is 12.2. The van der Waals surface area contributed by atoms with E-state index in [0.29, 0.717) is 16.6 Å². The second kappa shape index (κ2) is 6.45. The number of hydrogen-bond acceptors (Lipinski definition) is 2. The number of aliphatic hydroxyl groups excluding tert-OH is 1. The van der Waals surface area contributed by atoms with Crippen LogP contribution in [0.4, 0.5) is 0 Å². The lowest BCUT2D eigenvalue weighted by molar-refractivity contribution is 0.217. The van der Waals surface area contributed by atoms with E-state index in [1.807, 2.05) is 25.1 Å². The van der Waals surface area contributed by atoms with Crippen LogP contribution < -0.4 is 5.73 Å². The second-order valence-corrected chi connectivity index (χ2v) is 4.87. The third kappa shape index (κ3) is 3.36. The molecule has 0 saturated heterocycles. The summed E-state index contributed by atoms with van der Waals surface area (Å²) in [6.45, 7) is 2.62. The SMILES string of the molecule is CC(CC(CN)CO)c1c(Cl)cccc1Cl. The highest BCUT2D eigenvalue weighted by atomic mass is 35.5. The van der Waals surface area contributed by atoms with Gasteiger partial charge < -0.3 is 10.8 Å². The predicted molar refractivity (Wildman–Crippen MR) is 69.1 cm³/mol. The molecule has 1 rings (SSSR count). The number of benzene rings is 1. The van der Waals surface area contributed by atoms with Crippen molar-refractivity contribution >= 4 is 23.2 Å². The smallest absolute Gasteiger partial charge is 0.0471 e. The molecule has 0 heterocycles. The van der Waals surface area contributed by atoms with Gasteiger partial charge in [0.2, 0.25) is 0 Å². The van der Waals surface area contributed by atoms with Gasteiger partial charge in [0, 0.05) is 16.7 Å². The van der Waals surface area contributed by atoms with Crippen LogP contribution in [0.5, 0.6) is 0 Å². The van der Waals surface area contributed by atoms with E-state index in [4.69, 9.17) is 34.0 Å². The molecule has 16 heavy (non-hydrogen) atoms. The number of halogens is 2. The van der Waals surface area contributed by atoms with Gasteiger partial charge in [-0.3, -0.25) is 0 Å². The number of rotatable bonds is 5. The van der Waals surface area contributed by atoms with Crippen LogP contribution in [0, 0.1) is 5.92 Å². The zero-order valence-corrected chi connectivity index (χ0v) is 10.8. The molecular formula is C12H17Cl2NO. The first-order valence-electron chi connectivity index (χ1n) is 5.35. The van der Waals surface area contributed by atoms with Crippen molar-refractivity contribution < 1.29 is 5.11 Å². The lowest BCUT2D eigenvalue weighted by Gasteiger charge is -2.19. The summed E-state index contributed by atoms with van der Waals surface area (Å²) in [5.74, 6) is 0.296. The molecular weight excluding hydrogens is 245 g/mol. The summed E-state index contributed by atoms with van der Waals surface area (Å²) in [6, 6.07) is 5.48. The monoisotopic (exact) mass is 261 g/mol. The fourth-order valence-electron chi connectivity index (χ4n) is 1.84. The third-order valence-corrected chi connectivity index (χ3v) is 3.43. The van der Waals surface area contributed by atoms with Crippen LogP contribution in [0.15, 0.2) is 18.2 Å². The Bertz CT molecular complexity index is 320. The maximum absolute atomic E-state index is 9.11. The summed E-state index contributed by atoms with van der Waals surface area (Å²) in [7, 11) is 0. The normalized spacial score (nSPS) is 14.8. The van der Waals surface area contributed by atoms with E-state index >= 15 is 0 Å². The van der Waals surface area contributed by atoms with E-state index in [1.165, 1.54) is 0 Å². The maximum atomic E-state index is 9.11. The summed E-state index contributed by atoms with van der Waals surface area (Å²) in [5.41, 5.74) is 6.50. The molecule has 0 saturated carbocycles. The topological polar surface area (TPSA) is 46.2 Å². The van der Waals surface area contributed by atoms with Crippen molar-refractivity contribution in [1.82, 2.24) is 0 Å². The molecule has 0 fully saturated rings. The maximum Gasteiger partial charge on any atom is 0.0471 e. The molecule has 0 aromatic heterocycles. The summed E-state index contributed by atoms with van der Waals surface area (Å²) < 4.78 is 0. The minimum Gasteiger partial charge on any atom is -0.396 e. The minimum atomic E-state index is 0.0994. The minimum absolute atomic E-state index is 0.0994. The zero-order chi connectivity index (χ0) is 12.1. The standard InChI is InChI=1S/C12H17Cl2NO/c1-8(5-9(6-15)7-16)12-10(13)3-2-4-11(12)14/h2-4,8-9,16H,5-7,15H2,1H3. The highest BCUT2D eigenvalue weighted by molar-refractivity contribution is 6.36. The number of aliphatic hydroxyl groups is 1. The molecule has 0 aliphatic carbocycles. The Balaban J connectivity index is 2.83.